The SMILES string of the molecule is CC(CO)Sc1ccc(C(F)(F)F)cc1C#N. The number of thioether (sulfide) groups is 1. The minimum absolute atomic E-state index is 0.0230. The number of hydrogen-bond donors (Lipinski definition) is 1. The van der Waals surface area contributed by atoms with Crippen LogP contribution in [0.5, 0.6) is 0 Å². The molecule has 1 unspecified atom stereocenters. The predicted octanol–water partition coefficient (Wildman–Crippen LogP) is 3.05. The summed E-state index contributed by atoms with van der Waals surface area (Å²) in [5.74, 6) is 0. The van der Waals surface area contributed by atoms with Crippen LogP contribution >= 0.6 is 11.8 Å². The van der Waals surface area contributed by atoms with Crippen LogP contribution in [0.2, 0.25) is 0 Å². The van der Waals surface area contributed by atoms with Crippen molar-refractivity contribution in [1.29, 1.82) is 5.26 Å². The molecule has 1 N–H and O–H groups in total. The van der Waals surface area contributed by atoms with Crippen LogP contribution in [0.4, 0.5) is 13.2 Å². The maximum absolute atomic E-state index is 12.4. The van der Waals surface area contributed by atoms with Crippen molar-refractivity contribution in [3.63, 3.8) is 0 Å². The Hall–Kier alpha value is -1.19. The smallest absolute Gasteiger partial charge is 0.395 e. The van der Waals surface area contributed by atoms with E-state index in [4.69, 9.17) is 10.4 Å². The van der Waals surface area contributed by atoms with Gasteiger partial charge in [0.2, 0.25) is 0 Å². The number of rotatable bonds is 3. The zero-order valence-corrected chi connectivity index (χ0v) is 9.77. The van der Waals surface area contributed by atoms with E-state index < -0.39 is 11.7 Å². The molecule has 0 spiro atoms. The molecule has 0 amide bonds. The van der Waals surface area contributed by atoms with E-state index in [-0.39, 0.29) is 17.4 Å². The molecule has 2 nitrogen and oxygen atoms in total. The minimum Gasteiger partial charge on any atom is -0.395 e. The zero-order chi connectivity index (χ0) is 13.1. The van der Waals surface area contributed by atoms with Crippen LogP contribution < -0.4 is 0 Å². The van der Waals surface area contributed by atoms with Gasteiger partial charge in [0, 0.05) is 10.1 Å². The van der Waals surface area contributed by atoms with E-state index in [1.807, 2.05) is 0 Å². The number of nitrogens with zero attached hydrogens (tertiary/aromatic N) is 1. The summed E-state index contributed by atoms with van der Waals surface area (Å²) in [5.41, 5.74) is -0.861. The average Bonchev–Trinajstić information content (AvgIpc) is 2.27. The van der Waals surface area contributed by atoms with Gasteiger partial charge in [-0.25, -0.2) is 0 Å². The number of aliphatic hydroxyl groups excluding tert-OH is 1. The number of alkyl halides is 3. The first-order valence-corrected chi connectivity index (χ1v) is 5.65. The summed E-state index contributed by atoms with van der Waals surface area (Å²) in [6.07, 6.45) is -4.45. The number of benzene rings is 1. The second-order valence-electron chi connectivity index (χ2n) is 3.43. The molecule has 0 fully saturated rings. The van der Waals surface area contributed by atoms with Gasteiger partial charge >= 0.3 is 6.18 Å². The Morgan fingerprint density at radius 2 is 2.12 bits per heavy atom. The highest BCUT2D eigenvalue weighted by Crippen LogP contribution is 2.33. The summed E-state index contributed by atoms with van der Waals surface area (Å²) >= 11 is 1.17. The van der Waals surface area contributed by atoms with Gasteiger partial charge in [0.15, 0.2) is 0 Å². The van der Waals surface area contributed by atoms with Crippen LogP contribution in [0.15, 0.2) is 23.1 Å². The van der Waals surface area contributed by atoms with Crippen molar-refractivity contribution in [1.82, 2.24) is 0 Å². The van der Waals surface area contributed by atoms with Crippen molar-refractivity contribution in [2.45, 2.75) is 23.2 Å². The highest BCUT2D eigenvalue weighted by Gasteiger charge is 2.31. The molecule has 6 heteroatoms. The molecule has 0 bridgehead atoms. The summed E-state index contributed by atoms with van der Waals surface area (Å²) in [6, 6.07) is 4.76. The minimum atomic E-state index is -4.45. The van der Waals surface area contributed by atoms with Crippen LogP contribution in [-0.4, -0.2) is 17.0 Å². The number of aliphatic hydroxyl groups is 1. The maximum atomic E-state index is 12.4. The van der Waals surface area contributed by atoms with E-state index in [0.29, 0.717) is 4.90 Å². The van der Waals surface area contributed by atoms with Crippen molar-refractivity contribution in [3.05, 3.63) is 29.3 Å². The molecule has 0 aliphatic rings. The standard InChI is InChI=1S/C11H10F3NOS/c1-7(6-16)17-10-3-2-9(11(12,13)14)4-8(10)5-15/h2-4,7,16H,6H2,1H3. The first kappa shape index (κ1) is 13.9. The molecule has 17 heavy (non-hydrogen) atoms. The summed E-state index contributed by atoms with van der Waals surface area (Å²) in [4.78, 5) is 0.446. The molecule has 1 aromatic rings. The van der Waals surface area contributed by atoms with E-state index in [1.54, 1.807) is 13.0 Å². The molecule has 0 aliphatic carbocycles. The van der Waals surface area contributed by atoms with Crippen molar-refractivity contribution in [2.75, 3.05) is 6.61 Å². The molecule has 1 rings (SSSR count). The fraction of sp³-hybridized carbons (Fsp3) is 0.364. The quantitative estimate of drug-likeness (QED) is 0.850. The largest absolute Gasteiger partial charge is 0.416 e. The second-order valence-corrected chi connectivity index (χ2v) is 4.91. The van der Waals surface area contributed by atoms with Crippen LogP contribution in [-0.2, 0) is 6.18 Å². The normalized spacial score (nSPS) is 13.2. The van der Waals surface area contributed by atoms with Gasteiger partial charge in [0.1, 0.15) is 6.07 Å². The number of hydrogen-bond acceptors (Lipinski definition) is 3. The Bertz CT molecular complexity index is 439. The maximum Gasteiger partial charge on any atom is 0.416 e. The lowest BCUT2D eigenvalue weighted by molar-refractivity contribution is -0.137. The van der Waals surface area contributed by atoms with Crippen molar-refractivity contribution < 1.29 is 18.3 Å². The first-order chi connectivity index (χ1) is 7.88. The Labute approximate surface area is 101 Å². The molecular formula is C11H10F3NOS. The Balaban J connectivity index is 3.07. The topological polar surface area (TPSA) is 44.0 Å². The summed E-state index contributed by atoms with van der Waals surface area (Å²) in [5, 5.41) is 17.5. The molecule has 0 saturated carbocycles. The van der Waals surface area contributed by atoms with Gasteiger partial charge in [-0.1, -0.05) is 6.92 Å². The third-order valence-electron chi connectivity index (χ3n) is 2.01. The van der Waals surface area contributed by atoms with Crippen LogP contribution in [0.1, 0.15) is 18.1 Å². The highest BCUT2D eigenvalue weighted by atomic mass is 32.2. The number of halogens is 3. The molecule has 0 aliphatic heterocycles. The Morgan fingerprint density at radius 3 is 2.59 bits per heavy atom. The van der Waals surface area contributed by atoms with E-state index in [2.05, 4.69) is 0 Å². The third kappa shape index (κ3) is 3.65. The lowest BCUT2D eigenvalue weighted by atomic mass is 10.1. The van der Waals surface area contributed by atoms with E-state index in [9.17, 15) is 13.2 Å². The molecule has 92 valence electrons. The predicted molar refractivity (Wildman–Crippen MR) is 58.6 cm³/mol. The van der Waals surface area contributed by atoms with Crippen molar-refractivity contribution >= 4 is 11.8 Å². The van der Waals surface area contributed by atoms with Gasteiger partial charge in [0.05, 0.1) is 17.7 Å². The second kappa shape index (κ2) is 5.43. The average molecular weight is 261 g/mol. The fourth-order valence-electron chi connectivity index (χ4n) is 1.15. The molecule has 0 radical (unpaired) electrons. The third-order valence-corrected chi connectivity index (χ3v) is 3.17. The van der Waals surface area contributed by atoms with Gasteiger partial charge in [-0.05, 0) is 18.2 Å². The number of nitriles is 1. The van der Waals surface area contributed by atoms with Crippen molar-refractivity contribution in [3.8, 4) is 6.07 Å². The fourth-order valence-corrected chi connectivity index (χ4v) is 2.04. The summed E-state index contributed by atoms with van der Waals surface area (Å²) in [6.45, 7) is 1.63. The van der Waals surface area contributed by atoms with E-state index in [1.165, 1.54) is 17.8 Å². The lowest BCUT2D eigenvalue weighted by Gasteiger charge is -2.11. The summed E-state index contributed by atoms with van der Waals surface area (Å²) in [7, 11) is 0. The van der Waals surface area contributed by atoms with Gasteiger partial charge in [-0.2, -0.15) is 18.4 Å². The van der Waals surface area contributed by atoms with Gasteiger partial charge in [0.25, 0.3) is 0 Å². The van der Waals surface area contributed by atoms with Gasteiger partial charge in [-0.15, -0.1) is 11.8 Å². The van der Waals surface area contributed by atoms with Crippen LogP contribution in [0.3, 0.4) is 0 Å². The molecule has 1 atom stereocenters. The Morgan fingerprint density at radius 1 is 1.47 bits per heavy atom. The van der Waals surface area contributed by atoms with E-state index in [0.717, 1.165) is 12.1 Å². The van der Waals surface area contributed by atoms with Gasteiger partial charge < -0.3 is 5.11 Å². The van der Waals surface area contributed by atoms with Crippen LogP contribution in [0, 0.1) is 11.3 Å². The lowest BCUT2D eigenvalue weighted by Crippen LogP contribution is -2.06. The molecular weight excluding hydrogens is 251 g/mol. The molecule has 0 heterocycles. The molecule has 0 aromatic heterocycles. The zero-order valence-electron chi connectivity index (χ0n) is 8.95. The molecule has 0 saturated heterocycles. The first-order valence-electron chi connectivity index (χ1n) is 4.77. The Kier molecular flexibility index (Phi) is 4.43. The summed E-state index contributed by atoms with van der Waals surface area (Å²) < 4.78 is 37.2. The molecule has 1 aromatic carbocycles. The van der Waals surface area contributed by atoms with Crippen molar-refractivity contribution in [2.24, 2.45) is 0 Å². The van der Waals surface area contributed by atoms with Crippen LogP contribution in [0.25, 0.3) is 0 Å². The van der Waals surface area contributed by atoms with Gasteiger partial charge in [-0.3, -0.25) is 0 Å². The monoisotopic (exact) mass is 261 g/mol. The highest BCUT2D eigenvalue weighted by molar-refractivity contribution is 8.00. The van der Waals surface area contributed by atoms with E-state index >= 15 is 0 Å².